The highest BCUT2D eigenvalue weighted by Gasteiger charge is 2.15. The standard InChI is InChI=1S/C15H24N2O2/c1-4-11(5-2)10-17-15(18)12-8-7-9-13(16)14(12)19-6-3/h7-9,11H,4-6,10,16H2,1-3H3,(H,17,18). The van der Waals surface area contributed by atoms with Gasteiger partial charge in [0.05, 0.1) is 17.9 Å². The topological polar surface area (TPSA) is 64.3 Å². The Balaban J connectivity index is 2.79. The Labute approximate surface area is 115 Å². The number of carbonyl (C=O) groups is 1. The number of carbonyl (C=O) groups excluding carboxylic acids is 1. The number of amides is 1. The Morgan fingerprint density at radius 1 is 1.32 bits per heavy atom. The van der Waals surface area contributed by atoms with Gasteiger partial charge in [-0.1, -0.05) is 32.8 Å². The average Bonchev–Trinajstić information content (AvgIpc) is 2.42. The van der Waals surface area contributed by atoms with Crippen LogP contribution in [0.1, 0.15) is 44.0 Å². The summed E-state index contributed by atoms with van der Waals surface area (Å²) in [5, 5.41) is 2.95. The molecule has 0 radical (unpaired) electrons. The van der Waals surface area contributed by atoms with Crippen molar-refractivity contribution in [1.29, 1.82) is 0 Å². The van der Waals surface area contributed by atoms with Crippen LogP contribution in [0.2, 0.25) is 0 Å². The first kappa shape index (κ1) is 15.3. The van der Waals surface area contributed by atoms with Crippen LogP contribution in [0.5, 0.6) is 5.75 Å². The van der Waals surface area contributed by atoms with Gasteiger partial charge in [-0.15, -0.1) is 0 Å². The number of para-hydroxylation sites is 1. The third-order valence-corrected chi connectivity index (χ3v) is 3.28. The van der Waals surface area contributed by atoms with Gasteiger partial charge < -0.3 is 15.8 Å². The molecule has 0 aromatic heterocycles. The number of hydrogen-bond donors (Lipinski definition) is 2. The summed E-state index contributed by atoms with van der Waals surface area (Å²) in [7, 11) is 0. The van der Waals surface area contributed by atoms with Gasteiger partial charge in [-0.2, -0.15) is 0 Å². The molecule has 0 aliphatic carbocycles. The second kappa shape index (κ2) is 7.67. The highest BCUT2D eigenvalue weighted by Crippen LogP contribution is 2.26. The largest absolute Gasteiger partial charge is 0.491 e. The molecule has 0 atom stereocenters. The molecule has 1 rings (SSSR count). The van der Waals surface area contributed by atoms with Crippen molar-refractivity contribution in [3.8, 4) is 5.75 Å². The maximum Gasteiger partial charge on any atom is 0.255 e. The number of anilines is 1. The van der Waals surface area contributed by atoms with Crippen molar-refractivity contribution in [2.75, 3.05) is 18.9 Å². The van der Waals surface area contributed by atoms with Crippen LogP contribution >= 0.6 is 0 Å². The Hall–Kier alpha value is -1.71. The molecule has 4 heteroatoms. The zero-order valence-electron chi connectivity index (χ0n) is 12.0. The van der Waals surface area contributed by atoms with E-state index < -0.39 is 0 Å². The van der Waals surface area contributed by atoms with Crippen LogP contribution in [0.4, 0.5) is 5.69 Å². The summed E-state index contributed by atoms with van der Waals surface area (Å²) in [6, 6.07) is 5.25. The van der Waals surface area contributed by atoms with Crippen molar-refractivity contribution in [2.24, 2.45) is 5.92 Å². The van der Waals surface area contributed by atoms with E-state index in [1.165, 1.54) is 0 Å². The van der Waals surface area contributed by atoms with E-state index in [1.54, 1.807) is 18.2 Å². The fraction of sp³-hybridized carbons (Fsp3) is 0.533. The van der Waals surface area contributed by atoms with E-state index in [1.807, 2.05) is 6.92 Å². The van der Waals surface area contributed by atoms with Crippen molar-refractivity contribution in [3.05, 3.63) is 23.8 Å². The van der Waals surface area contributed by atoms with Gasteiger partial charge in [0, 0.05) is 6.54 Å². The summed E-state index contributed by atoms with van der Waals surface area (Å²) < 4.78 is 5.46. The summed E-state index contributed by atoms with van der Waals surface area (Å²) in [6.07, 6.45) is 2.12. The SMILES string of the molecule is CCOc1c(N)cccc1C(=O)NCC(CC)CC. The monoisotopic (exact) mass is 264 g/mol. The first-order chi connectivity index (χ1) is 9.13. The minimum atomic E-state index is -0.123. The van der Waals surface area contributed by atoms with Crippen molar-refractivity contribution < 1.29 is 9.53 Å². The molecule has 1 amide bonds. The molecule has 0 fully saturated rings. The van der Waals surface area contributed by atoms with E-state index in [0.29, 0.717) is 36.1 Å². The molecule has 0 aliphatic rings. The molecule has 0 spiro atoms. The van der Waals surface area contributed by atoms with Gasteiger partial charge in [-0.3, -0.25) is 4.79 Å². The molecular formula is C15H24N2O2. The Bertz CT molecular complexity index is 415. The zero-order chi connectivity index (χ0) is 14.3. The number of hydrogen-bond acceptors (Lipinski definition) is 3. The Morgan fingerprint density at radius 3 is 2.58 bits per heavy atom. The Kier molecular flexibility index (Phi) is 6.19. The van der Waals surface area contributed by atoms with E-state index in [2.05, 4.69) is 19.2 Å². The summed E-state index contributed by atoms with van der Waals surface area (Å²) in [6.45, 7) is 7.31. The van der Waals surface area contributed by atoms with Crippen LogP contribution in [0.25, 0.3) is 0 Å². The Morgan fingerprint density at radius 2 is 2.00 bits per heavy atom. The number of rotatable bonds is 7. The zero-order valence-corrected chi connectivity index (χ0v) is 12.0. The third kappa shape index (κ3) is 4.16. The lowest BCUT2D eigenvalue weighted by Gasteiger charge is -2.15. The van der Waals surface area contributed by atoms with Crippen LogP contribution in [0.15, 0.2) is 18.2 Å². The average molecular weight is 264 g/mol. The van der Waals surface area contributed by atoms with Crippen molar-refractivity contribution >= 4 is 11.6 Å². The van der Waals surface area contributed by atoms with Gasteiger partial charge in [0.1, 0.15) is 0 Å². The van der Waals surface area contributed by atoms with Crippen molar-refractivity contribution in [1.82, 2.24) is 5.32 Å². The summed E-state index contributed by atoms with van der Waals surface area (Å²) >= 11 is 0. The number of nitrogens with one attached hydrogen (secondary N) is 1. The van der Waals surface area contributed by atoms with E-state index in [9.17, 15) is 4.79 Å². The minimum absolute atomic E-state index is 0.123. The summed E-state index contributed by atoms with van der Waals surface area (Å²) in [5.41, 5.74) is 6.85. The van der Waals surface area contributed by atoms with Crippen LogP contribution in [-0.2, 0) is 0 Å². The van der Waals surface area contributed by atoms with E-state index >= 15 is 0 Å². The molecule has 0 heterocycles. The molecule has 3 N–H and O–H groups in total. The van der Waals surface area contributed by atoms with E-state index in [0.717, 1.165) is 12.8 Å². The van der Waals surface area contributed by atoms with Crippen molar-refractivity contribution in [3.63, 3.8) is 0 Å². The maximum absolute atomic E-state index is 12.2. The molecule has 106 valence electrons. The molecule has 0 bridgehead atoms. The molecule has 0 unspecified atom stereocenters. The van der Waals surface area contributed by atoms with Crippen LogP contribution in [0, 0.1) is 5.92 Å². The number of benzene rings is 1. The van der Waals surface area contributed by atoms with Crippen molar-refractivity contribution in [2.45, 2.75) is 33.6 Å². The lowest BCUT2D eigenvalue weighted by Crippen LogP contribution is -2.29. The fourth-order valence-electron chi connectivity index (χ4n) is 1.95. The van der Waals surface area contributed by atoms with Crippen LogP contribution in [0.3, 0.4) is 0 Å². The predicted octanol–water partition coefficient (Wildman–Crippen LogP) is 2.83. The number of nitrogen functional groups attached to an aromatic ring is 1. The molecule has 19 heavy (non-hydrogen) atoms. The predicted molar refractivity (Wildman–Crippen MR) is 78.4 cm³/mol. The minimum Gasteiger partial charge on any atom is -0.491 e. The molecule has 0 aliphatic heterocycles. The number of nitrogens with two attached hydrogens (primary N) is 1. The third-order valence-electron chi connectivity index (χ3n) is 3.28. The van der Waals surface area contributed by atoms with Gasteiger partial charge in [0.2, 0.25) is 0 Å². The van der Waals surface area contributed by atoms with Gasteiger partial charge in [-0.05, 0) is 25.0 Å². The fourth-order valence-corrected chi connectivity index (χ4v) is 1.95. The molecule has 1 aromatic carbocycles. The molecule has 4 nitrogen and oxygen atoms in total. The molecule has 1 aromatic rings. The smallest absolute Gasteiger partial charge is 0.255 e. The summed E-state index contributed by atoms with van der Waals surface area (Å²) in [4.78, 5) is 12.2. The van der Waals surface area contributed by atoms with Gasteiger partial charge in [0.15, 0.2) is 5.75 Å². The lowest BCUT2D eigenvalue weighted by atomic mass is 10.0. The first-order valence-corrected chi connectivity index (χ1v) is 6.93. The first-order valence-electron chi connectivity index (χ1n) is 6.93. The second-order valence-corrected chi connectivity index (χ2v) is 4.55. The quantitative estimate of drug-likeness (QED) is 0.744. The highest BCUT2D eigenvalue weighted by atomic mass is 16.5. The highest BCUT2D eigenvalue weighted by molar-refractivity contribution is 5.98. The molecular weight excluding hydrogens is 240 g/mol. The van der Waals surface area contributed by atoms with Crippen LogP contribution < -0.4 is 15.8 Å². The van der Waals surface area contributed by atoms with E-state index in [-0.39, 0.29) is 5.91 Å². The molecule has 0 saturated carbocycles. The van der Waals surface area contributed by atoms with Gasteiger partial charge in [-0.25, -0.2) is 0 Å². The molecule has 0 saturated heterocycles. The lowest BCUT2D eigenvalue weighted by molar-refractivity contribution is 0.0942. The summed E-state index contributed by atoms with van der Waals surface area (Å²) in [5.74, 6) is 0.871. The van der Waals surface area contributed by atoms with Gasteiger partial charge >= 0.3 is 0 Å². The van der Waals surface area contributed by atoms with E-state index in [4.69, 9.17) is 10.5 Å². The van der Waals surface area contributed by atoms with Gasteiger partial charge in [0.25, 0.3) is 5.91 Å². The number of ether oxygens (including phenoxy) is 1. The normalized spacial score (nSPS) is 10.5. The van der Waals surface area contributed by atoms with Crippen LogP contribution in [-0.4, -0.2) is 19.1 Å². The second-order valence-electron chi connectivity index (χ2n) is 4.55. The maximum atomic E-state index is 12.2.